The van der Waals surface area contributed by atoms with Crippen molar-refractivity contribution in [1.82, 2.24) is 4.90 Å². The molecule has 0 aromatic heterocycles. The molecule has 3 rings (SSSR count). The summed E-state index contributed by atoms with van der Waals surface area (Å²) in [5.41, 5.74) is 0.800. The minimum atomic E-state index is -0.508. The first kappa shape index (κ1) is 11.1. The maximum absolute atomic E-state index is 9.93. The van der Waals surface area contributed by atoms with E-state index in [4.69, 9.17) is 4.74 Å². The summed E-state index contributed by atoms with van der Waals surface area (Å²) in [5.74, 6) is 1.03. The van der Waals surface area contributed by atoms with Crippen LogP contribution in [0.25, 0.3) is 0 Å². The van der Waals surface area contributed by atoms with Crippen molar-refractivity contribution in [1.29, 1.82) is 0 Å². The second-order valence-electron chi connectivity index (χ2n) is 5.53. The minimum absolute atomic E-state index is 0.251. The summed E-state index contributed by atoms with van der Waals surface area (Å²) >= 11 is 0. The lowest BCUT2D eigenvalue weighted by atomic mass is 10.1. The van der Waals surface area contributed by atoms with Crippen molar-refractivity contribution in [2.75, 3.05) is 19.6 Å². The maximum Gasteiger partial charge on any atom is 0.123 e. The molecule has 2 heterocycles. The van der Waals surface area contributed by atoms with Gasteiger partial charge in [0.25, 0.3) is 0 Å². The standard InChI is InChI=1S/C14H19NO2/c1-14(16)6-7-15(10-14)9-12-8-11-4-2-3-5-13(11)17-12/h2-5,12,16H,6-10H2,1H3. The van der Waals surface area contributed by atoms with E-state index in [-0.39, 0.29) is 6.10 Å². The summed E-state index contributed by atoms with van der Waals surface area (Å²) in [6, 6.07) is 8.25. The number of rotatable bonds is 2. The molecule has 0 aliphatic carbocycles. The number of nitrogens with zero attached hydrogens (tertiary/aromatic N) is 1. The van der Waals surface area contributed by atoms with E-state index in [2.05, 4.69) is 17.0 Å². The van der Waals surface area contributed by atoms with E-state index in [1.165, 1.54) is 5.56 Å². The molecule has 0 amide bonds. The second-order valence-corrected chi connectivity index (χ2v) is 5.53. The maximum atomic E-state index is 9.93. The zero-order valence-corrected chi connectivity index (χ0v) is 10.2. The third-order valence-corrected chi connectivity index (χ3v) is 3.71. The molecule has 2 aliphatic heterocycles. The molecule has 2 aliphatic rings. The summed E-state index contributed by atoms with van der Waals surface area (Å²) in [5, 5.41) is 9.93. The molecule has 3 nitrogen and oxygen atoms in total. The molecule has 17 heavy (non-hydrogen) atoms. The molecule has 0 bridgehead atoms. The first-order chi connectivity index (χ1) is 8.12. The highest BCUT2D eigenvalue weighted by molar-refractivity contribution is 5.37. The van der Waals surface area contributed by atoms with Crippen LogP contribution in [-0.2, 0) is 6.42 Å². The van der Waals surface area contributed by atoms with Gasteiger partial charge in [-0.15, -0.1) is 0 Å². The first-order valence-electron chi connectivity index (χ1n) is 6.32. The van der Waals surface area contributed by atoms with E-state index in [9.17, 15) is 5.11 Å². The predicted octanol–water partition coefficient (Wildman–Crippen LogP) is 1.45. The first-order valence-corrected chi connectivity index (χ1v) is 6.32. The van der Waals surface area contributed by atoms with Gasteiger partial charge in [0.1, 0.15) is 11.9 Å². The highest BCUT2D eigenvalue weighted by atomic mass is 16.5. The number of β-amino-alcohol motifs (C(OH)–C–C–N with tert-alkyl or cyclic N) is 1. The summed E-state index contributed by atoms with van der Waals surface area (Å²) in [6.45, 7) is 4.58. The van der Waals surface area contributed by atoms with Gasteiger partial charge >= 0.3 is 0 Å². The predicted molar refractivity (Wildman–Crippen MR) is 66.2 cm³/mol. The highest BCUT2D eigenvalue weighted by Gasteiger charge is 2.34. The van der Waals surface area contributed by atoms with Gasteiger partial charge in [-0.2, -0.15) is 0 Å². The highest BCUT2D eigenvalue weighted by Crippen LogP contribution is 2.29. The Balaban J connectivity index is 1.59. The number of aliphatic hydroxyl groups is 1. The van der Waals surface area contributed by atoms with E-state index < -0.39 is 5.60 Å². The van der Waals surface area contributed by atoms with Gasteiger partial charge in [-0.25, -0.2) is 0 Å². The van der Waals surface area contributed by atoms with Crippen LogP contribution in [0, 0.1) is 0 Å². The Labute approximate surface area is 102 Å². The number of fused-ring (bicyclic) bond motifs is 1. The summed E-state index contributed by atoms with van der Waals surface area (Å²) in [6.07, 6.45) is 2.11. The van der Waals surface area contributed by atoms with Crippen LogP contribution in [0.1, 0.15) is 18.9 Å². The van der Waals surface area contributed by atoms with Crippen molar-refractivity contribution in [2.45, 2.75) is 31.5 Å². The Bertz CT molecular complexity index is 391. The topological polar surface area (TPSA) is 32.7 Å². The number of hydrogen-bond acceptors (Lipinski definition) is 3. The van der Waals surface area contributed by atoms with Crippen molar-refractivity contribution in [3.63, 3.8) is 0 Å². The van der Waals surface area contributed by atoms with Crippen LogP contribution in [-0.4, -0.2) is 41.3 Å². The van der Waals surface area contributed by atoms with Gasteiger partial charge in [-0.1, -0.05) is 18.2 Å². The minimum Gasteiger partial charge on any atom is -0.488 e. The van der Waals surface area contributed by atoms with Crippen LogP contribution < -0.4 is 4.74 Å². The lowest BCUT2D eigenvalue weighted by molar-refractivity contribution is 0.0629. The van der Waals surface area contributed by atoms with E-state index >= 15 is 0 Å². The van der Waals surface area contributed by atoms with Crippen LogP contribution in [0.4, 0.5) is 0 Å². The molecular formula is C14H19NO2. The lowest BCUT2D eigenvalue weighted by Crippen LogP contribution is -2.36. The Morgan fingerprint density at radius 2 is 2.29 bits per heavy atom. The molecular weight excluding hydrogens is 214 g/mol. The van der Waals surface area contributed by atoms with Crippen LogP contribution in [0.3, 0.4) is 0 Å². The smallest absolute Gasteiger partial charge is 0.123 e. The molecule has 0 spiro atoms. The second kappa shape index (κ2) is 4.00. The van der Waals surface area contributed by atoms with E-state index in [1.54, 1.807) is 0 Å². The molecule has 0 radical (unpaired) electrons. The van der Waals surface area contributed by atoms with Crippen molar-refractivity contribution >= 4 is 0 Å². The summed E-state index contributed by atoms with van der Waals surface area (Å²) in [4.78, 5) is 2.30. The SMILES string of the molecule is CC1(O)CCN(CC2Cc3ccccc3O2)C1. The average molecular weight is 233 g/mol. The normalized spacial score (nSPS) is 32.5. The number of hydrogen-bond donors (Lipinski definition) is 1. The van der Waals surface area contributed by atoms with Crippen LogP contribution in [0.5, 0.6) is 5.75 Å². The summed E-state index contributed by atoms with van der Waals surface area (Å²) < 4.78 is 5.91. The Hall–Kier alpha value is -1.06. The number of ether oxygens (including phenoxy) is 1. The third-order valence-electron chi connectivity index (χ3n) is 3.71. The van der Waals surface area contributed by atoms with E-state index in [0.29, 0.717) is 0 Å². The molecule has 1 saturated heterocycles. The number of para-hydroxylation sites is 1. The Morgan fingerprint density at radius 1 is 1.47 bits per heavy atom. The average Bonchev–Trinajstić information content (AvgIpc) is 2.81. The van der Waals surface area contributed by atoms with Gasteiger partial charge in [0, 0.05) is 26.1 Å². The van der Waals surface area contributed by atoms with Crippen molar-refractivity contribution in [2.24, 2.45) is 0 Å². The molecule has 0 saturated carbocycles. The molecule has 3 heteroatoms. The summed E-state index contributed by atoms with van der Waals surface area (Å²) in [7, 11) is 0. The van der Waals surface area contributed by atoms with E-state index in [1.807, 2.05) is 19.1 Å². The number of benzene rings is 1. The monoisotopic (exact) mass is 233 g/mol. The fraction of sp³-hybridized carbons (Fsp3) is 0.571. The molecule has 92 valence electrons. The van der Waals surface area contributed by atoms with E-state index in [0.717, 1.165) is 38.2 Å². The lowest BCUT2D eigenvalue weighted by Gasteiger charge is -2.21. The quantitative estimate of drug-likeness (QED) is 0.839. The zero-order valence-electron chi connectivity index (χ0n) is 10.2. The molecule has 1 N–H and O–H groups in total. The van der Waals surface area contributed by atoms with Gasteiger partial charge in [0.05, 0.1) is 5.60 Å². The third kappa shape index (κ3) is 2.31. The van der Waals surface area contributed by atoms with Crippen molar-refractivity contribution in [3.05, 3.63) is 29.8 Å². The Morgan fingerprint density at radius 3 is 3.00 bits per heavy atom. The fourth-order valence-corrected chi connectivity index (χ4v) is 2.84. The van der Waals surface area contributed by atoms with Crippen LogP contribution >= 0.6 is 0 Å². The van der Waals surface area contributed by atoms with Crippen LogP contribution in [0.15, 0.2) is 24.3 Å². The molecule has 2 atom stereocenters. The zero-order chi connectivity index (χ0) is 11.9. The van der Waals surface area contributed by atoms with Gasteiger partial charge in [-0.3, -0.25) is 4.90 Å². The largest absolute Gasteiger partial charge is 0.488 e. The van der Waals surface area contributed by atoms with Crippen LogP contribution in [0.2, 0.25) is 0 Å². The van der Waals surface area contributed by atoms with Gasteiger partial charge < -0.3 is 9.84 Å². The molecule has 1 aromatic carbocycles. The van der Waals surface area contributed by atoms with Gasteiger partial charge in [0.2, 0.25) is 0 Å². The fourth-order valence-electron chi connectivity index (χ4n) is 2.84. The van der Waals surface area contributed by atoms with Crippen molar-refractivity contribution in [3.8, 4) is 5.75 Å². The van der Waals surface area contributed by atoms with Crippen molar-refractivity contribution < 1.29 is 9.84 Å². The van der Waals surface area contributed by atoms with Gasteiger partial charge in [0.15, 0.2) is 0 Å². The molecule has 1 fully saturated rings. The molecule has 2 unspecified atom stereocenters. The molecule has 1 aromatic rings. The Kier molecular flexibility index (Phi) is 2.60. The van der Waals surface area contributed by atoms with Gasteiger partial charge in [-0.05, 0) is 25.0 Å². The number of likely N-dealkylation sites (tertiary alicyclic amines) is 1.